The second-order valence-corrected chi connectivity index (χ2v) is 4.32. The molecular weight excluding hydrogens is 184 g/mol. The zero-order valence-electron chi connectivity index (χ0n) is 9.66. The molecular formula is C13H20N2. The van der Waals surface area contributed by atoms with Gasteiger partial charge in [-0.2, -0.15) is 0 Å². The van der Waals surface area contributed by atoms with Crippen molar-refractivity contribution in [3.63, 3.8) is 0 Å². The van der Waals surface area contributed by atoms with E-state index in [2.05, 4.69) is 37.1 Å². The lowest BCUT2D eigenvalue weighted by Crippen LogP contribution is -2.30. The van der Waals surface area contributed by atoms with Gasteiger partial charge in [0.15, 0.2) is 0 Å². The average Bonchev–Trinajstić information content (AvgIpc) is 2.57. The Hall–Kier alpha value is -1.02. The van der Waals surface area contributed by atoms with Gasteiger partial charge in [0.25, 0.3) is 0 Å². The fourth-order valence-corrected chi connectivity index (χ4v) is 2.61. The predicted molar refractivity (Wildman–Crippen MR) is 65.4 cm³/mol. The van der Waals surface area contributed by atoms with Crippen molar-refractivity contribution in [3.8, 4) is 0 Å². The molecule has 1 heterocycles. The monoisotopic (exact) mass is 204 g/mol. The van der Waals surface area contributed by atoms with Crippen LogP contribution in [0.25, 0.3) is 0 Å². The number of nitrogens with two attached hydrogens (primary N) is 1. The molecule has 0 spiro atoms. The molecule has 0 aliphatic carbocycles. The van der Waals surface area contributed by atoms with Crippen LogP contribution in [0.4, 0.5) is 5.69 Å². The first-order valence-electron chi connectivity index (χ1n) is 5.81. The Labute approximate surface area is 92.1 Å². The SMILES string of the molecule is CCc1cccc2c1N(C)C(CCN)C2. The molecule has 0 radical (unpaired) electrons. The lowest BCUT2D eigenvalue weighted by molar-refractivity contribution is 0.616. The summed E-state index contributed by atoms with van der Waals surface area (Å²) >= 11 is 0. The number of hydrogen-bond acceptors (Lipinski definition) is 2. The first-order chi connectivity index (χ1) is 7.27. The van der Waals surface area contributed by atoms with Gasteiger partial charge in [-0.15, -0.1) is 0 Å². The standard InChI is InChI=1S/C13H20N2/c1-3-10-5-4-6-11-9-12(7-8-14)15(2)13(10)11/h4-6,12H,3,7-9,14H2,1-2H3. The fraction of sp³-hybridized carbons (Fsp3) is 0.538. The van der Waals surface area contributed by atoms with Crippen LogP contribution in [0.2, 0.25) is 0 Å². The van der Waals surface area contributed by atoms with Crippen molar-refractivity contribution in [1.82, 2.24) is 0 Å². The van der Waals surface area contributed by atoms with Gasteiger partial charge in [0, 0.05) is 18.8 Å². The highest BCUT2D eigenvalue weighted by molar-refractivity contribution is 5.64. The van der Waals surface area contributed by atoms with Crippen LogP contribution in [0.3, 0.4) is 0 Å². The van der Waals surface area contributed by atoms with Gasteiger partial charge in [0.1, 0.15) is 0 Å². The number of fused-ring (bicyclic) bond motifs is 1. The largest absolute Gasteiger partial charge is 0.371 e. The summed E-state index contributed by atoms with van der Waals surface area (Å²) in [6.07, 6.45) is 3.37. The maximum absolute atomic E-state index is 5.65. The number of para-hydroxylation sites is 1. The lowest BCUT2D eigenvalue weighted by Gasteiger charge is -2.23. The highest BCUT2D eigenvalue weighted by Crippen LogP contribution is 2.35. The van der Waals surface area contributed by atoms with Gasteiger partial charge in [-0.3, -0.25) is 0 Å². The third-order valence-electron chi connectivity index (χ3n) is 3.44. The van der Waals surface area contributed by atoms with Gasteiger partial charge >= 0.3 is 0 Å². The van der Waals surface area contributed by atoms with Gasteiger partial charge < -0.3 is 10.6 Å². The Bertz CT molecular complexity index is 346. The zero-order chi connectivity index (χ0) is 10.8. The molecule has 82 valence electrons. The quantitative estimate of drug-likeness (QED) is 0.815. The molecule has 0 bridgehead atoms. The minimum Gasteiger partial charge on any atom is -0.371 e. The van der Waals surface area contributed by atoms with Crippen LogP contribution in [-0.4, -0.2) is 19.6 Å². The van der Waals surface area contributed by atoms with Crippen molar-refractivity contribution < 1.29 is 0 Å². The fourth-order valence-electron chi connectivity index (χ4n) is 2.61. The van der Waals surface area contributed by atoms with Crippen molar-refractivity contribution in [2.75, 3.05) is 18.5 Å². The van der Waals surface area contributed by atoms with Crippen molar-refractivity contribution in [2.45, 2.75) is 32.2 Å². The van der Waals surface area contributed by atoms with E-state index in [1.165, 1.54) is 16.8 Å². The molecule has 1 aliphatic rings. The first-order valence-corrected chi connectivity index (χ1v) is 5.81. The highest BCUT2D eigenvalue weighted by Gasteiger charge is 2.26. The molecule has 2 heteroatoms. The maximum atomic E-state index is 5.65. The van der Waals surface area contributed by atoms with Crippen molar-refractivity contribution >= 4 is 5.69 Å². The minimum atomic E-state index is 0.609. The molecule has 1 aromatic carbocycles. The van der Waals surface area contributed by atoms with E-state index in [1.807, 2.05) is 0 Å². The van der Waals surface area contributed by atoms with Crippen LogP contribution in [0.1, 0.15) is 24.5 Å². The molecule has 15 heavy (non-hydrogen) atoms. The Balaban J connectivity index is 2.32. The maximum Gasteiger partial charge on any atom is 0.0432 e. The smallest absolute Gasteiger partial charge is 0.0432 e. The van der Waals surface area contributed by atoms with Crippen LogP contribution in [-0.2, 0) is 12.8 Å². The second kappa shape index (κ2) is 4.23. The predicted octanol–water partition coefficient (Wildman–Crippen LogP) is 1.96. The molecule has 1 aliphatic heterocycles. The molecule has 2 rings (SSSR count). The van der Waals surface area contributed by atoms with Crippen molar-refractivity contribution in [1.29, 1.82) is 0 Å². The van der Waals surface area contributed by atoms with E-state index in [4.69, 9.17) is 5.73 Å². The van der Waals surface area contributed by atoms with Crippen molar-refractivity contribution in [2.24, 2.45) is 5.73 Å². The number of rotatable bonds is 3. The summed E-state index contributed by atoms with van der Waals surface area (Å²) in [6, 6.07) is 7.27. The van der Waals surface area contributed by atoms with Crippen LogP contribution in [0.15, 0.2) is 18.2 Å². The number of benzene rings is 1. The Morgan fingerprint density at radius 3 is 2.93 bits per heavy atom. The van der Waals surface area contributed by atoms with Crippen LogP contribution in [0.5, 0.6) is 0 Å². The number of likely N-dealkylation sites (N-methyl/N-ethyl adjacent to an activating group) is 1. The summed E-state index contributed by atoms with van der Waals surface area (Å²) < 4.78 is 0. The normalized spacial score (nSPS) is 19.4. The van der Waals surface area contributed by atoms with E-state index in [0.717, 1.165) is 25.8 Å². The molecule has 1 aromatic rings. The molecule has 0 amide bonds. The number of hydrogen-bond donors (Lipinski definition) is 1. The molecule has 0 aromatic heterocycles. The van der Waals surface area contributed by atoms with E-state index in [0.29, 0.717) is 6.04 Å². The molecule has 1 atom stereocenters. The second-order valence-electron chi connectivity index (χ2n) is 4.32. The third-order valence-corrected chi connectivity index (χ3v) is 3.44. The van der Waals surface area contributed by atoms with E-state index >= 15 is 0 Å². The van der Waals surface area contributed by atoms with Crippen molar-refractivity contribution in [3.05, 3.63) is 29.3 Å². The average molecular weight is 204 g/mol. The minimum absolute atomic E-state index is 0.609. The van der Waals surface area contributed by atoms with Gasteiger partial charge in [-0.05, 0) is 36.9 Å². The molecule has 2 nitrogen and oxygen atoms in total. The van der Waals surface area contributed by atoms with Crippen LogP contribution >= 0.6 is 0 Å². The van der Waals surface area contributed by atoms with Gasteiger partial charge in [-0.1, -0.05) is 25.1 Å². The van der Waals surface area contributed by atoms with Crippen LogP contribution in [0, 0.1) is 0 Å². The summed E-state index contributed by atoms with van der Waals surface area (Å²) in [5.41, 5.74) is 10.1. The highest BCUT2D eigenvalue weighted by atomic mass is 15.2. The number of anilines is 1. The third kappa shape index (κ3) is 1.74. The van der Waals surface area contributed by atoms with Gasteiger partial charge in [0.2, 0.25) is 0 Å². The summed E-state index contributed by atoms with van der Waals surface area (Å²) in [7, 11) is 2.20. The number of nitrogens with zero attached hydrogens (tertiary/aromatic N) is 1. The summed E-state index contributed by atoms with van der Waals surface area (Å²) in [5.74, 6) is 0. The summed E-state index contributed by atoms with van der Waals surface area (Å²) in [6.45, 7) is 3.00. The van der Waals surface area contributed by atoms with E-state index < -0.39 is 0 Å². The molecule has 0 saturated carbocycles. The number of aryl methyl sites for hydroxylation is 1. The lowest BCUT2D eigenvalue weighted by atomic mass is 10.0. The molecule has 0 fully saturated rings. The molecule has 0 saturated heterocycles. The Morgan fingerprint density at radius 1 is 1.47 bits per heavy atom. The van der Waals surface area contributed by atoms with Gasteiger partial charge in [-0.25, -0.2) is 0 Å². The summed E-state index contributed by atoms with van der Waals surface area (Å²) in [5, 5.41) is 0. The molecule has 2 N–H and O–H groups in total. The first kappa shape index (κ1) is 10.5. The molecule has 1 unspecified atom stereocenters. The Kier molecular flexibility index (Phi) is 2.96. The Morgan fingerprint density at radius 2 is 2.27 bits per heavy atom. The topological polar surface area (TPSA) is 29.3 Å². The van der Waals surface area contributed by atoms with E-state index in [1.54, 1.807) is 0 Å². The van der Waals surface area contributed by atoms with Gasteiger partial charge in [0.05, 0.1) is 0 Å². The zero-order valence-corrected chi connectivity index (χ0v) is 9.66. The van der Waals surface area contributed by atoms with Crippen LogP contribution < -0.4 is 10.6 Å². The van der Waals surface area contributed by atoms with E-state index in [9.17, 15) is 0 Å². The summed E-state index contributed by atoms with van der Waals surface area (Å²) in [4.78, 5) is 2.42. The van der Waals surface area contributed by atoms with E-state index in [-0.39, 0.29) is 0 Å².